The zero-order valence-corrected chi connectivity index (χ0v) is 13.5. The molecule has 3 rings (SSSR count). The number of hydrogen-bond donors (Lipinski definition) is 2. The molecule has 0 radical (unpaired) electrons. The van der Waals surface area contributed by atoms with E-state index in [1.54, 1.807) is 0 Å². The maximum atomic E-state index is 12.6. The molecule has 1 aromatic carbocycles. The monoisotopic (exact) mass is 341 g/mol. The van der Waals surface area contributed by atoms with Crippen molar-refractivity contribution in [3.63, 3.8) is 0 Å². The first-order valence-electron chi connectivity index (χ1n) is 7.59. The smallest absolute Gasteiger partial charge is 0.356 e. The number of carbonyl (C=O) groups excluding carboxylic acids is 1. The van der Waals surface area contributed by atoms with Gasteiger partial charge in [-0.15, -0.1) is 0 Å². The molecule has 0 aliphatic heterocycles. The number of benzene rings is 1. The molecule has 2 heterocycles. The Labute approximate surface area is 143 Å². The largest absolute Gasteiger partial charge is 0.464 e. The van der Waals surface area contributed by atoms with Crippen molar-refractivity contribution >= 4 is 28.3 Å². The summed E-state index contributed by atoms with van der Waals surface area (Å²) in [5.74, 6) is -0.602. The molecule has 2 aromatic heterocycles. The lowest BCUT2D eigenvalue weighted by Crippen LogP contribution is -2.13. The Balaban J connectivity index is 2.05. The van der Waals surface area contributed by atoms with E-state index >= 15 is 0 Å². The van der Waals surface area contributed by atoms with Gasteiger partial charge in [-0.3, -0.25) is 5.41 Å². The van der Waals surface area contributed by atoms with Gasteiger partial charge in [0.2, 0.25) is 0 Å². The van der Waals surface area contributed by atoms with Crippen molar-refractivity contribution < 1.29 is 18.3 Å². The van der Waals surface area contributed by atoms with E-state index in [2.05, 4.69) is 15.0 Å². The van der Waals surface area contributed by atoms with Crippen LogP contribution in [0.1, 0.15) is 21.6 Å². The summed E-state index contributed by atoms with van der Waals surface area (Å²) in [4.78, 5) is 15.7. The Hall–Kier alpha value is -3.22. The predicted octanol–water partition coefficient (Wildman–Crippen LogP) is 3.41. The normalized spacial score (nSPS) is 10.6. The number of esters is 1. The highest BCUT2D eigenvalue weighted by molar-refractivity contribution is 6.19. The molecule has 0 aliphatic carbocycles. The van der Waals surface area contributed by atoms with Crippen LogP contribution in [0.5, 0.6) is 0 Å². The van der Waals surface area contributed by atoms with Gasteiger partial charge in [0.05, 0.1) is 12.8 Å². The number of aromatic nitrogens is 1. The van der Waals surface area contributed by atoms with Gasteiger partial charge in [0.25, 0.3) is 0 Å². The van der Waals surface area contributed by atoms with Crippen molar-refractivity contribution in [3.05, 3.63) is 59.6 Å². The molecule has 0 atom stereocenters. The number of nitrogens with one attached hydrogen (secondary N) is 2. The van der Waals surface area contributed by atoms with Crippen LogP contribution in [-0.2, 0) is 4.74 Å². The highest BCUT2D eigenvalue weighted by Crippen LogP contribution is 2.26. The molecule has 0 spiro atoms. The minimum absolute atomic E-state index is 0.0526. The average Bonchev–Trinajstić information content (AvgIpc) is 3.09. The maximum Gasteiger partial charge on any atom is 0.356 e. The third-order valence-corrected chi connectivity index (χ3v) is 3.73. The summed E-state index contributed by atoms with van der Waals surface area (Å²) in [6.07, 6.45) is 2.90. The third-order valence-electron chi connectivity index (χ3n) is 3.73. The van der Waals surface area contributed by atoms with Gasteiger partial charge in [-0.1, -0.05) is 18.2 Å². The number of ether oxygens (including phenoxy) is 1. The van der Waals surface area contributed by atoms with Crippen molar-refractivity contribution in [3.8, 4) is 0 Å². The number of carbonyl (C=O) groups is 1. The molecule has 0 fully saturated rings. The molecule has 0 saturated carbocycles. The van der Waals surface area contributed by atoms with Crippen molar-refractivity contribution in [1.29, 1.82) is 5.41 Å². The third kappa shape index (κ3) is 3.21. The van der Waals surface area contributed by atoms with Crippen molar-refractivity contribution in [2.24, 2.45) is 0 Å². The van der Waals surface area contributed by atoms with E-state index in [1.165, 1.54) is 25.6 Å². The molecule has 0 amide bonds. The van der Waals surface area contributed by atoms with Gasteiger partial charge >= 0.3 is 5.97 Å². The summed E-state index contributed by atoms with van der Waals surface area (Å²) in [5, 5.41) is 12.2. The fourth-order valence-corrected chi connectivity index (χ4v) is 2.52. The minimum atomic E-state index is -0.602. The van der Waals surface area contributed by atoms with Crippen LogP contribution in [0.15, 0.2) is 47.2 Å². The zero-order chi connectivity index (χ0) is 17.8. The first-order valence-corrected chi connectivity index (χ1v) is 7.59. The number of para-hydroxylation sites is 1. The van der Waals surface area contributed by atoms with Gasteiger partial charge in [0, 0.05) is 34.9 Å². The Morgan fingerprint density at radius 1 is 1.36 bits per heavy atom. The van der Waals surface area contributed by atoms with E-state index in [4.69, 9.17) is 9.83 Å². The van der Waals surface area contributed by atoms with Gasteiger partial charge in [0.1, 0.15) is 24.2 Å². The van der Waals surface area contributed by atoms with Crippen LogP contribution in [-0.4, -0.2) is 37.0 Å². The quantitative estimate of drug-likeness (QED) is 0.530. The molecule has 25 heavy (non-hydrogen) atoms. The number of nitrogens with zero attached hydrogens (tertiary/aromatic N) is 1. The SMILES string of the molecule is COC(=O)c1cc(NCCF)c(C(=N)c2coc3ccccc23)cn1. The van der Waals surface area contributed by atoms with Gasteiger partial charge in [-0.25, -0.2) is 14.2 Å². The highest BCUT2D eigenvalue weighted by atomic mass is 19.1. The van der Waals surface area contributed by atoms with Crippen LogP contribution in [0.4, 0.5) is 10.1 Å². The standard InChI is InChI=1S/C18H16FN3O3/c1-24-18(23)15-8-14(21-7-6-19)12(9-22-15)17(20)13-10-25-16-5-3-2-4-11(13)16/h2-5,8-10,20H,6-7H2,1H3,(H,21,22). The van der Waals surface area contributed by atoms with E-state index in [9.17, 15) is 9.18 Å². The number of alkyl halides is 1. The lowest BCUT2D eigenvalue weighted by Gasteiger charge is -2.12. The van der Waals surface area contributed by atoms with E-state index in [1.807, 2.05) is 24.3 Å². The van der Waals surface area contributed by atoms with Crippen LogP contribution < -0.4 is 5.32 Å². The van der Waals surface area contributed by atoms with Crippen LogP contribution in [0.3, 0.4) is 0 Å². The lowest BCUT2D eigenvalue weighted by atomic mass is 10.0. The van der Waals surface area contributed by atoms with Gasteiger partial charge in [0.15, 0.2) is 0 Å². The van der Waals surface area contributed by atoms with E-state index in [0.29, 0.717) is 22.4 Å². The van der Waals surface area contributed by atoms with E-state index < -0.39 is 12.6 Å². The summed E-state index contributed by atoms with van der Waals surface area (Å²) in [6.45, 7) is -0.533. The van der Waals surface area contributed by atoms with E-state index in [0.717, 1.165) is 5.39 Å². The summed E-state index contributed by atoms with van der Waals surface area (Å²) in [7, 11) is 1.26. The van der Waals surface area contributed by atoms with Gasteiger partial charge < -0.3 is 14.5 Å². The number of pyridine rings is 1. The summed E-state index contributed by atoms with van der Waals surface area (Å²) in [6, 6.07) is 8.82. The predicted molar refractivity (Wildman–Crippen MR) is 92.2 cm³/mol. The number of methoxy groups -OCH3 is 1. The molecular formula is C18H16FN3O3. The summed E-state index contributed by atoms with van der Waals surface area (Å²) in [5.41, 5.74) is 2.37. The number of anilines is 1. The molecule has 0 bridgehead atoms. The molecule has 3 aromatic rings. The molecule has 0 aliphatic rings. The molecule has 0 unspecified atom stereocenters. The topological polar surface area (TPSA) is 88.2 Å². The minimum Gasteiger partial charge on any atom is -0.464 e. The second-order valence-electron chi connectivity index (χ2n) is 5.24. The Morgan fingerprint density at radius 3 is 2.92 bits per heavy atom. The first kappa shape index (κ1) is 16.6. The van der Waals surface area contributed by atoms with Crippen molar-refractivity contribution in [2.75, 3.05) is 25.6 Å². The molecule has 128 valence electrons. The second-order valence-corrected chi connectivity index (χ2v) is 5.24. The average molecular weight is 341 g/mol. The maximum absolute atomic E-state index is 12.6. The number of halogens is 1. The number of furan rings is 1. The molecule has 0 saturated heterocycles. The Morgan fingerprint density at radius 2 is 2.16 bits per heavy atom. The fraction of sp³-hybridized carbons (Fsp3) is 0.167. The molecule has 7 heteroatoms. The summed E-state index contributed by atoms with van der Waals surface area (Å²) < 4.78 is 22.7. The summed E-state index contributed by atoms with van der Waals surface area (Å²) >= 11 is 0. The van der Waals surface area contributed by atoms with E-state index in [-0.39, 0.29) is 18.0 Å². The Bertz CT molecular complexity index is 936. The van der Waals surface area contributed by atoms with Crippen LogP contribution in [0, 0.1) is 5.41 Å². The fourth-order valence-electron chi connectivity index (χ4n) is 2.52. The van der Waals surface area contributed by atoms with Gasteiger partial charge in [-0.2, -0.15) is 0 Å². The highest BCUT2D eigenvalue weighted by Gasteiger charge is 2.18. The number of fused-ring (bicyclic) bond motifs is 1. The molecular weight excluding hydrogens is 325 g/mol. The first-order chi connectivity index (χ1) is 12.2. The molecule has 2 N–H and O–H groups in total. The second kappa shape index (κ2) is 7.12. The number of hydrogen-bond acceptors (Lipinski definition) is 6. The van der Waals surface area contributed by atoms with Crippen LogP contribution in [0.2, 0.25) is 0 Å². The van der Waals surface area contributed by atoms with Crippen LogP contribution in [0.25, 0.3) is 11.0 Å². The zero-order valence-electron chi connectivity index (χ0n) is 13.5. The van der Waals surface area contributed by atoms with Crippen LogP contribution >= 0.6 is 0 Å². The van der Waals surface area contributed by atoms with Gasteiger partial charge in [-0.05, 0) is 12.1 Å². The molecule has 6 nitrogen and oxygen atoms in total. The van der Waals surface area contributed by atoms with Crippen molar-refractivity contribution in [2.45, 2.75) is 0 Å². The lowest BCUT2D eigenvalue weighted by molar-refractivity contribution is 0.0594. The number of rotatable bonds is 6. The Kier molecular flexibility index (Phi) is 4.74. The van der Waals surface area contributed by atoms with Crippen molar-refractivity contribution in [1.82, 2.24) is 4.98 Å².